The van der Waals surface area contributed by atoms with Crippen LogP contribution in [0.1, 0.15) is 15.9 Å². The van der Waals surface area contributed by atoms with Crippen LogP contribution in [0.25, 0.3) is 0 Å². The Kier molecular flexibility index (Phi) is 7.05. The molecule has 0 spiro atoms. The van der Waals surface area contributed by atoms with E-state index < -0.39 is 17.7 Å². The van der Waals surface area contributed by atoms with Crippen molar-refractivity contribution in [1.82, 2.24) is 0 Å². The number of aliphatic carboxylic acids is 1. The number of benzene rings is 2. The molecule has 0 radical (unpaired) electrons. The molecular formula is C17H16O5. The summed E-state index contributed by atoms with van der Waals surface area (Å²) in [5.41, 5.74) is 1.19. The Balaban J connectivity index is 0.000000224. The summed E-state index contributed by atoms with van der Waals surface area (Å²) in [6.45, 7) is 0. The van der Waals surface area contributed by atoms with Crippen molar-refractivity contribution in [2.45, 2.75) is 6.42 Å². The van der Waals surface area contributed by atoms with E-state index in [1.807, 2.05) is 18.2 Å². The summed E-state index contributed by atoms with van der Waals surface area (Å²) >= 11 is 0. The lowest BCUT2D eigenvalue weighted by Crippen LogP contribution is -2.15. The number of carbonyl (C=O) groups is 3. The van der Waals surface area contributed by atoms with Crippen molar-refractivity contribution in [1.29, 1.82) is 0 Å². The molecule has 0 heterocycles. The van der Waals surface area contributed by atoms with E-state index in [-0.39, 0.29) is 6.42 Å². The van der Waals surface area contributed by atoms with E-state index in [0.717, 1.165) is 5.56 Å². The Bertz CT molecular complexity index is 620. The van der Waals surface area contributed by atoms with E-state index in [1.54, 1.807) is 42.5 Å². The van der Waals surface area contributed by atoms with Gasteiger partial charge in [0.1, 0.15) is 0 Å². The SMILES string of the molecule is COC(=O)C(=O)c1ccccc1.O=C(O)Cc1ccccc1. The van der Waals surface area contributed by atoms with Gasteiger partial charge in [0.05, 0.1) is 13.5 Å². The molecule has 2 rings (SSSR count). The predicted octanol–water partition coefficient (Wildman–Crippen LogP) is 2.36. The van der Waals surface area contributed by atoms with Gasteiger partial charge in [0.25, 0.3) is 5.78 Å². The van der Waals surface area contributed by atoms with Crippen LogP contribution in [0.2, 0.25) is 0 Å². The maximum absolute atomic E-state index is 11.1. The summed E-state index contributed by atoms with van der Waals surface area (Å²) in [4.78, 5) is 32.0. The highest BCUT2D eigenvalue weighted by atomic mass is 16.5. The highest BCUT2D eigenvalue weighted by Gasteiger charge is 2.15. The summed E-state index contributed by atoms with van der Waals surface area (Å²) in [6, 6.07) is 17.4. The molecule has 0 saturated carbocycles. The number of carboxylic acids is 1. The van der Waals surface area contributed by atoms with Gasteiger partial charge in [-0.2, -0.15) is 0 Å². The molecule has 0 amide bonds. The van der Waals surface area contributed by atoms with Crippen LogP contribution in [0, 0.1) is 0 Å². The Morgan fingerprint density at radius 3 is 1.86 bits per heavy atom. The van der Waals surface area contributed by atoms with Gasteiger partial charge in [0.2, 0.25) is 0 Å². The van der Waals surface area contributed by atoms with Crippen molar-refractivity contribution in [2.75, 3.05) is 7.11 Å². The molecule has 5 nitrogen and oxygen atoms in total. The van der Waals surface area contributed by atoms with Crippen LogP contribution in [-0.2, 0) is 20.7 Å². The summed E-state index contributed by atoms with van der Waals surface area (Å²) in [7, 11) is 1.18. The van der Waals surface area contributed by atoms with Gasteiger partial charge in [0.15, 0.2) is 0 Å². The Morgan fingerprint density at radius 1 is 0.909 bits per heavy atom. The third-order valence-corrected chi connectivity index (χ3v) is 2.60. The van der Waals surface area contributed by atoms with Crippen LogP contribution in [0.3, 0.4) is 0 Å². The van der Waals surface area contributed by atoms with Crippen molar-refractivity contribution < 1.29 is 24.2 Å². The van der Waals surface area contributed by atoms with E-state index in [4.69, 9.17) is 5.11 Å². The minimum Gasteiger partial charge on any atom is -0.481 e. The maximum Gasteiger partial charge on any atom is 0.379 e. The molecule has 0 bridgehead atoms. The fourth-order valence-electron chi connectivity index (χ4n) is 1.57. The third-order valence-electron chi connectivity index (χ3n) is 2.60. The molecule has 0 atom stereocenters. The molecule has 0 unspecified atom stereocenters. The maximum atomic E-state index is 11.1. The topological polar surface area (TPSA) is 80.7 Å². The number of ketones is 1. The molecule has 114 valence electrons. The molecular weight excluding hydrogens is 284 g/mol. The van der Waals surface area contributed by atoms with Crippen molar-refractivity contribution >= 4 is 17.7 Å². The standard InChI is InChI=1S/C9H8O3.C8H8O2/c1-12-9(11)8(10)7-5-3-2-4-6-7;9-8(10)6-7-4-2-1-3-5-7/h2-6H,1H3;1-5H,6H2,(H,9,10). The minimum absolute atomic E-state index is 0.112. The van der Waals surface area contributed by atoms with Gasteiger partial charge in [-0.25, -0.2) is 4.79 Å². The number of rotatable bonds is 4. The number of methoxy groups -OCH3 is 1. The number of carboxylic acid groups (broad SMARTS) is 1. The lowest BCUT2D eigenvalue weighted by Gasteiger charge is -1.96. The summed E-state index contributed by atoms with van der Waals surface area (Å²) < 4.78 is 4.28. The Hall–Kier alpha value is -2.95. The average Bonchev–Trinajstić information content (AvgIpc) is 2.55. The second-order valence-electron chi connectivity index (χ2n) is 4.24. The van der Waals surface area contributed by atoms with Crippen LogP contribution >= 0.6 is 0 Å². The molecule has 1 N–H and O–H groups in total. The molecule has 0 saturated heterocycles. The number of Topliss-reactive ketones (excluding diaryl/α,β-unsaturated/α-hetero) is 1. The summed E-state index contributed by atoms with van der Waals surface area (Å²) in [6.07, 6.45) is 0.112. The average molecular weight is 300 g/mol. The molecule has 0 aliphatic heterocycles. The first-order chi connectivity index (χ1) is 10.5. The first-order valence-corrected chi connectivity index (χ1v) is 6.48. The van der Waals surface area contributed by atoms with Crippen LogP contribution in [0.15, 0.2) is 60.7 Å². The van der Waals surface area contributed by atoms with Crippen molar-refractivity contribution in [3.63, 3.8) is 0 Å². The molecule has 0 aliphatic carbocycles. The van der Waals surface area contributed by atoms with Gasteiger partial charge in [0, 0.05) is 5.56 Å². The third kappa shape index (κ3) is 6.00. The number of hydrogen-bond donors (Lipinski definition) is 1. The van der Waals surface area contributed by atoms with Gasteiger partial charge >= 0.3 is 11.9 Å². The zero-order valence-electron chi connectivity index (χ0n) is 12.1. The van der Waals surface area contributed by atoms with Gasteiger partial charge in [-0.15, -0.1) is 0 Å². The monoisotopic (exact) mass is 300 g/mol. The summed E-state index contributed by atoms with van der Waals surface area (Å²) in [5, 5.41) is 8.37. The largest absolute Gasteiger partial charge is 0.481 e. The van der Waals surface area contributed by atoms with Crippen LogP contribution in [-0.4, -0.2) is 29.9 Å². The second kappa shape index (κ2) is 9.07. The predicted molar refractivity (Wildman–Crippen MR) is 80.6 cm³/mol. The van der Waals surface area contributed by atoms with Gasteiger partial charge in [-0.05, 0) is 5.56 Å². The van der Waals surface area contributed by atoms with Crippen molar-refractivity contribution in [2.24, 2.45) is 0 Å². The highest BCUT2D eigenvalue weighted by Crippen LogP contribution is 2.00. The molecule has 2 aromatic rings. The minimum atomic E-state index is -0.832. The quantitative estimate of drug-likeness (QED) is 0.532. The van der Waals surface area contributed by atoms with E-state index in [1.165, 1.54) is 7.11 Å². The first-order valence-electron chi connectivity index (χ1n) is 6.48. The Labute approximate surface area is 128 Å². The second-order valence-corrected chi connectivity index (χ2v) is 4.24. The van der Waals surface area contributed by atoms with E-state index in [0.29, 0.717) is 5.56 Å². The normalized spacial score (nSPS) is 9.14. The highest BCUT2D eigenvalue weighted by molar-refractivity contribution is 6.40. The number of esters is 1. The molecule has 2 aromatic carbocycles. The van der Waals surface area contributed by atoms with Gasteiger partial charge < -0.3 is 9.84 Å². The number of carbonyl (C=O) groups excluding carboxylic acids is 2. The molecule has 0 aliphatic rings. The van der Waals surface area contributed by atoms with E-state index in [2.05, 4.69) is 4.74 Å². The zero-order chi connectivity index (χ0) is 16.4. The fourth-order valence-corrected chi connectivity index (χ4v) is 1.57. The number of hydrogen-bond acceptors (Lipinski definition) is 4. The molecule has 0 fully saturated rings. The molecule has 5 heteroatoms. The fraction of sp³-hybridized carbons (Fsp3) is 0.118. The van der Waals surface area contributed by atoms with E-state index in [9.17, 15) is 14.4 Å². The van der Waals surface area contributed by atoms with Crippen LogP contribution < -0.4 is 0 Å². The van der Waals surface area contributed by atoms with Gasteiger partial charge in [-0.1, -0.05) is 60.7 Å². The summed E-state index contributed by atoms with van der Waals surface area (Å²) in [5.74, 6) is -2.23. The van der Waals surface area contributed by atoms with Gasteiger partial charge in [-0.3, -0.25) is 9.59 Å². The smallest absolute Gasteiger partial charge is 0.379 e. The van der Waals surface area contributed by atoms with Crippen LogP contribution in [0.4, 0.5) is 0 Å². The molecule has 22 heavy (non-hydrogen) atoms. The van der Waals surface area contributed by atoms with Crippen LogP contribution in [0.5, 0.6) is 0 Å². The first kappa shape index (κ1) is 17.1. The van der Waals surface area contributed by atoms with E-state index >= 15 is 0 Å². The van der Waals surface area contributed by atoms with Crippen molar-refractivity contribution in [3.05, 3.63) is 71.8 Å². The zero-order valence-corrected chi connectivity index (χ0v) is 12.1. The molecule has 0 aromatic heterocycles. The lowest BCUT2D eigenvalue weighted by molar-refractivity contribution is -0.136. The Morgan fingerprint density at radius 2 is 1.41 bits per heavy atom. The van der Waals surface area contributed by atoms with Crippen molar-refractivity contribution in [3.8, 4) is 0 Å². The number of ether oxygens (including phenoxy) is 1. The lowest BCUT2D eigenvalue weighted by atomic mass is 10.1.